The number of aromatic nitrogens is 1. The van der Waals surface area contributed by atoms with Crippen molar-refractivity contribution >= 4 is 28.2 Å². The summed E-state index contributed by atoms with van der Waals surface area (Å²) in [6, 6.07) is 23.4. The van der Waals surface area contributed by atoms with Crippen molar-refractivity contribution in [2.45, 2.75) is 13.0 Å². The second-order valence-electron chi connectivity index (χ2n) is 8.72. The molecular formula is C27H27FN4O. The van der Waals surface area contributed by atoms with Crippen LogP contribution in [-0.2, 0) is 0 Å². The standard InChI is InChI=1S/C27H27FN4O/c1-18-11-12-23(28)22-16-24(30-26(18)22)27(33)29-20-9-6-10-21(15-20)32-14-13-31(2)17-25(32)19-7-4-3-5-8-19/h3-12,15-16,25,30H,13-14,17H2,1-2H3,(H,29,33). The molecule has 0 radical (unpaired) electrons. The molecule has 5 nitrogen and oxygen atoms in total. The highest BCUT2D eigenvalue weighted by Gasteiger charge is 2.27. The van der Waals surface area contributed by atoms with E-state index < -0.39 is 0 Å². The topological polar surface area (TPSA) is 51.4 Å². The third-order valence-corrected chi connectivity index (χ3v) is 6.40. The van der Waals surface area contributed by atoms with Gasteiger partial charge in [-0.3, -0.25) is 4.79 Å². The van der Waals surface area contributed by atoms with Crippen LogP contribution in [0, 0.1) is 12.7 Å². The van der Waals surface area contributed by atoms with Crippen molar-refractivity contribution in [1.82, 2.24) is 9.88 Å². The number of nitrogens with one attached hydrogen (secondary N) is 2. The van der Waals surface area contributed by atoms with Crippen LogP contribution in [0.25, 0.3) is 10.9 Å². The van der Waals surface area contributed by atoms with Crippen LogP contribution in [-0.4, -0.2) is 42.5 Å². The van der Waals surface area contributed by atoms with E-state index in [1.807, 2.05) is 31.2 Å². The number of rotatable bonds is 4. The largest absolute Gasteiger partial charge is 0.362 e. The quantitative estimate of drug-likeness (QED) is 0.447. The number of carbonyl (C=O) groups is 1. The van der Waals surface area contributed by atoms with Gasteiger partial charge in [0.25, 0.3) is 5.91 Å². The van der Waals surface area contributed by atoms with Crippen LogP contribution in [0.5, 0.6) is 0 Å². The number of hydrogen-bond acceptors (Lipinski definition) is 3. The molecule has 2 N–H and O–H groups in total. The Morgan fingerprint density at radius 1 is 1.03 bits per heavy atom. The number of amides is 1. The number of nitrogens with zero attached hydrogens (tertiary/aromatic N) is 2. The normalized spacial score (nSPS) is 16.8. The van der Waals surface area contributed by atoms with Crippen LogP contribution in [0.2, 0.25) is 0 Å². The summed E-state index contributed by atoms with van der Waals surface area (Å²) in [5.74, 6) is -0.630. The molecule has 33 heavy (non-hydrogen) atoms. The SMILES string of the molecule is Cc1ccc(F)c2cc(C(=O)Nc3cccc(N4CCN(C)CC4c4ccccc4)c3)[nH]c12. The number of piperazine rings is 1. The summed E-state index contributed by atoms with van der Waals surface area (Å²) in [7, 11) is 2.15. The highest BCUT2D eigenvalue weighted by molar-refractivity contribution is 6.06. The molecular weight excluding hydrogens is 415 g/mol. The lowest BCUT2D eigenvalue weighted by Gasteiger charge is -2.42. The molecule has 6 heteroatoms. The van der Waals surface area contributed by atoms with Crippen molar-refractivity contribution in [3.05, 3.63) is 95.4 Å². The van der Waals surface area contributed by atoms with Crippen LogP contribution in [0.4, 0.5) is 15.8 Å². The summed E-state index contributed by atoms with van der Waals surface area (Å²) in [6.07, 6.45) is 0. The van der Waals surface area contributed by atoms with Gasteiger partial charge in [-0.2, -0.15) is 0 Å². The Morgan fingerprint density at radius 3 is 2.64 bits per heavy atom. The van der Waals surface area contributed by atoms with E-state index in [1.165, 1.54) is 11.6 Å². The van der Waals surface area contributed by atoms with Gasteiger partial charge in [-0.25, -0.2) is 4.39 Å². The first-order valence-electron chi connectivity index (χ1n) is 11.2. The van der Waals surface area contributed by atoms with Crippen molar-refractivity contribution in [3.8, 4) is 0 Å². The molecule has 0 aliphatic carbocycles. The van der Waals surface area contributed by atoms with Gasteiger partial charge < -0.3 is 20.1 Å². The Balaban J connectivity index is 1.40. The zero-order valence-corrected chi connectivity index (χ0v) is 18.8. The number of fused-ring (bicyclic) bond motifs is 1. The zero-order chi connectivity index (χ0) is 22.9. The van der Waals surface area contributed by atoms with Gasteiger partial charge in [0.2, 0.25) is 0 Å². The Labute approximate surface area is 192 Å². The molecule has 2 heterocycles. The number of anilines is 2. The van der Waals surface area contributed by atoms with E-state index in [1.54, 1.807) is 12.1 Å². The molecule has 1 aromatic heterocycles. The number of likely N-dealkylation sites (N-methyl/N-ethyl adjacent to an activating group) is 1. The summed E-state index contributed by atoms with van der Waals surface area (Å²) < 4.78 is 14.2. The summed E-state index contributed by atoms with van der Waals surface area (Å²) >= 11 is 0. The third-order valence-electron chi connectivity index (χ3n) is 6.40. The van der Waals surface area contributed by atoms with E-state index in [-0.39, 0.29) is 17.8 Å². The van der Waals surface area contributed by atoms with Gasteiger partial charge in [-0.1, -0.05) is 42.5 Å². The van der Waals surface area contributed by atoms with E-state index in [2.05, 4.69) is 57.5 Å². The van der Waals surface area contributed by atoms with Crippen LogP contribution in [0.1, 0.15) is 27.7 Å². The predicted molar refractivity (Wildman–Crippen MR) is 131 cm³/mol. The highest BCUT2D eigenvalue weighted by atomic mass is 19.1. The van der Waals surface area contributed by atoms with Gasteiger partial charge in [-0.05, 0) is 55.4 Å². The molecule has 0 spiro atoms. The average Bonchev–Trinajstić information content (AvgIpc) is 3.29. The van der Waals surface area contributed by atoms with Gasteiger partial charge in [0, 0.05) is 36.4 Å². The van der Waals surface area contributed by atoms with Crippen molar-refractivity contribution in [3.63, 3.8) is 0 Å². The molecule has 1 saturated heterocycles. The lowest BCUT2D eigenvalue weighted by molar-refractivity contribution is 0.102. The maximum Gasteiger partial charge on any atom is 0.272 e. The fourth-order valence-corrected chi connectivity index (χ4v) is 4.60. The summed E-state index contributed by atoms with van der Waals surface area (Å²) in [5, 5.41) is 3.40. The second-order valence-corrected chi connectivity index (χ2v) is 8.72. The first-order valence-corrected chi connectivity index (χ1v) is 11.2. The van der Waals surface area contributed by atoms with Crippen LogP contribution >= 0.6 is 0 Å². The molecule has 1 unspecified atom stereocenters. The maximum absolute atomic E-state index is 14.2. The van der Waals surface area contributed by atoms with Gasteiger partial charge in [-0.15, -0.1) is 0 Å². The summed E-state index contributed by atoms with van der Waals surface area (Å²) in [6.45, 7) is 4.69. The Bertz CT molecular complexity index is 1260. The number of hydrogen-bond donors (Lipinski definition) is 2. The third kappa shape index (κ3) is 4.22. The minimum Gasteiger partial charge on any atom is -0.362 e. The molecule has 1 aliphatic rings. The molecule has 0 bridgehead atoms. The van der Waals surface area contributed by atoms with Gasteiger partial charge in [0.1, 0.15) is 11.5 Å². The van der Waals surface area contributed by atoms with Crippen molar-refractivity contribution in [2.24, 2.45) is 0 Å². The number of halogens is 1. The molecule has 1 aliphatic heterocycles. The first kappa shape index (κ1) is 21.2. The molecule has 4 aromatic rings. The number of carbonyl (C=O) groups excluding carboxylic acids is 1. The number of aryl methyl sites for hydroxylation is 1. The first-order chi connectivity index (χ1) is 16.0. The zero-order valence-electron chi connectivity index (χ0n) is 18.8. The monoisotopic (exact) mass is 442 g/mol. The Kier molecular flexibility index (Phi) is 5.60. The minimum absolute atomic E-state index is 0.232. The van der Waals surface area contributed by atoms with E-state index in [9.17, 15) is 9.18 Å². The Hall–Kier alpha value is -3.64. The van der Waals surface area contributed by atoms with Crippen molar-refractivity contribution in [2.75, 3.05) is 36.9 Å². The fourth-order valence-electron chi connectivity index (χ4n) is 4.60. The van der Waals surface area contributed by atoms with Crippen molar-refractivity contribution < 1.29 is 9.18 Å². The van der Waals surface area contributed by atoms with E-state index >= 15 is 0 Å². The second kappa shape index (κ2) is 8.71. The predicted octanol–water partition coefficient (Wildman–Crippen LogP) is 5.36. The number of benzene rings is 3. The fraction of sp³-hybridized carbons (Fsp3) is 0.222. The molecule has 168 valence electrons. The number of H-pyrrole nitrogens is 1. The molecule has 0 saturated carbocycles. The lowest BCUT2D eigenvalue weighted by atomic mass is 10.0. The van der Waals surface area contributed by atoms with Crippen LogP contribution in [0.15, 0.2) is 72.8 Å². The molecule has 5 rings (SSSR count). The average molecular weight is 443 g/mol. The van der Waals surface area contributed by atoms with Gasteiger partial charge in [0.05, 0.1) is 11.6 Å². The molecule has 1 amide bonds. The maximum atomic E-state index is 14.2. The van der Waals surface area contributed by atoms with Crippen molar-refractivity contribution in [1.29, 1.82) is 0 Å². The smallest absolute Gasteiger partial charge is 0.272 e. The summed E-state index contributed by atoms with van der Waals surface area (Å²) in [4.78, 5) is 20.7. The van der Waals surface area contributed by atoms with E-state index in [0.717, 1.165) is 30.9 Å². The summed E-state index contributed by atoms with van der Waals surface area (Å²) in [5.41, 5.74) is 4.93. The Morgan fingerprint density at radius 2 is 1.85 bits per heavy atom. The van der Waals surface area contributed by atoms with Gasteiger partial charge >= 0.3 is 0 Å². The highest BCUT2D eigenvalue weighted by Crippen LogP contribution is 2.32. The van der Waals surface area contributed by atoms with Gasteiger partial charge in [0.15, 0.2) is 0 Å². The van der Waals surface area contributed by atoms with E-state index in [4.69, 9.17) is 0 Å². The molecule has 1 fully saturated rings. The lowest BCUT2D eigenvalue weighted by Crippen LogP contribution is -2.46. The number of aromatic amines is 1. The molecule has 3 aromatic carbocycles. The van der Waals surface area contributed by atoms with Crippen LogP contribution < -0.4 is 10.2 Å². The van der Waals surface area contributed by atoms with E-state index in [0.29, 0.717) is 22.3 Å². The van der Waals surface area contributed by atoms with Crippen LogP contribution in [0.3, 0.4) is 0 Å². The molecule has 1 atom stereocenters. The minimum atomic E-state index is -0.338.